The lowest BCUT2D eigenvalue weighted by molar-refractivity contribution is -0.0498. The number of halogens is 5. The molecular weight excluding hydrogens is 487 g/mol. The minimum Gasteiger partial charge on any atom is -0.435 e. The molecule has 0 amide bonds. The maximum atomic E-state index is 15.2. The fraction of sp³-hybridized carbons (Fsp3) is 0.267. The van der Waals surface area contributed by atoms with Crippen LogP contribution in [0.2, 0.25) is 0 Å². The number of hydrogen-bond donors (Lipinski definition) is 0. The second kappa shape index (κ2) is 12.2. The zero-order valence-electron chi connectivity index (χ0n) is 20.4. The average molecular weight is 515 g/mol. The summed E-state index contributed by atoms with van der Waals surface area (Å²) >= 11 is 0. The fourth-order valence-corrected chi connectivity index (χ4v) is 4.38. The quantitative estimate of drug-likeness (QED) is 0.192. The van der Waals surface area contributed by atoms with Gasteiger partial charge in [0.05, 0.1) is 6.61 Å². The van der Waals surface area contributed by atoms with Crippen molar-refractivity contribution in [3.8, 4) is 5.75 Å². The Balaban J connectivity index is 1.41. The van der Waals surface area contributed by atoms with Crippen molar-refractivity contribution in [3.05, 3.63) is 112 Å². The summed E-state index contributed by atoms with van der Waals surface area (Å²) in [6.45, 7) is -2.49. The molecule has 4 aromatic rings. The first kappa shape index (κ1) is 26.6. The Hall–Kier alpha value is -3.45. The van der Waals surface area contributed by atoms with E-state index in [0.717, 1.165) is 11.1 Å². The Labute approximate surface area is 212 Å². The van der Waals surface area contributed by atoms with Crippen LogP contribution in [0.4, 0.5) is 22.0 Å². The molecule has 2 nitrogen and oxygen atoms in total. The van der Waals surface area contributed by atoms with Crippen LogP contribution in [-0.4, -0.2) is 20.3 Å². The zero-order valence-corrected chi connectivity index (χ0v) is 20.4. The van der Waals surface area contributed by atoms with Crippen LogP contribution in [0.1, 0.15) is 27.8 Å². The van der Waals surface area contributed by atoms with Crippen LogP contribution >= 0.6 is 0 Å². The minimum atomic E-state index is -2.88. The number of fused-ring (bicyclic) bond motifs is 1. The van der Waals surface area contributed by atoms with Gasteiger partial charge < -0.3 is 9.47 Å². The van der Waals surface area contributed by atoms with Crippen molar-refractivity contribution in [1.29, 1.82) is 0 Å². The van der Waals surface area contributed by atoms with Gasteiger partial charge in [0.2, 0.25) is 0 Å². The van der Waals surface area contributed by atoms with Crippen LogP contribution in [0.5, 0.6) is 5.75 Å². The van der Waals surface area contributed by atoms with E-state index in [2.05, 4.69) is 4.74 Å². The van der Waals surface area contributed by atoms with Crippen LogP contribution < -0.4 is 4.74 Å². The monoisotopic (exact) mass is 514 g/mol. The normalized spacial score (nSPS) is 11.4. The van der Waals surface area contributed by atoms with E-state index < -0.39 is 18.2 Å². The summed E-state index contributed by atoms with van der Waals surface area (Å²) < 4.78 is 78.1. The molecule has 0 bridgehead atoms. The Morgan fingerprint density at radius 1 is 0.676 bits per heavy atom. The van der Waals surface area contributed by atoms with E-state index in [9.17, 15) is 17.6 Å². The van der Waals surface area contributed by atoms with Crippen molar-refractivity contribution >= 4 is 10.8 Å². The van der Waals surface area contributed by atoms with Gasteiger partial charge in [0.15, 0.2) is 0 Å². The Bertz CT molecular complexity index is 1330. The largest absolute Gasteiger partial charge is 0.435 e. The number of hydrogen-bond acceptors (Lipinski definition) is 2. The van der Waals surface area contributed by atoms with E-state index in [1.54, 1.807) is 30.3 Å². The molecule has 0 atom stereocenters. The lowest BCUT2D eigenvalue weighted by atomic mass is 9.96. The Kier molecular flexibility index (Phi) is 8.77. The van der Waals surface area contributed by atoms with Crippen molar-refractivity contribution in [3.63, 3.8) is 0 Å². The van der Waals surface area contributed by atoms with Gasteiger partial charge in [-0.1, -0.05) is 42.5 Å². The maximum absolute atomic E-state index is 15.2. The minimum absolute atomic E-state index is 0.0385. The summed E-state index contributed by atoms with van der Waals surface area (Å²) in [5, 5.41) is 1.19. The molecule has 0 spiro atoms. The summed E-state index contributed by atoms with van der Waals surface area (Å²) in [6.07, 6.45) is 2.02. The van der Waals surface area contributed by atoms with Crippen molar-refractivity contribution in [2.24, 2.45) is 0 Å². The number of methoxy groups -OCH3 is 1. The van der Waals surface area contributed by atoms with Crippen molar-refractivity contribution in [1.82, 2.24) is 0 Å². The predicted octanol–water partition coefficient (Wildman–Crippen LogP) is 7.62. The maximum Gasteiger partial charge on any atom is 0.387 e. The first-order valence-electron chi connectivity index (χ1n) is 12.0. The number of alkyl halides is 2. The topological polar surface area (TPSA) is 18.5 Å². The zero-order chi connectivity index (χ0) is 26.4. The van der Waals surface area contributed by atoms with Gasteiger partial charge in [0.1, 0.15) is 23.2 Å². The highest BCUT2D eigenvalue weighted by Gasteiger charge is 2.13. The summed E-state index contributed by atoms with van der Waals surface area (Å²) in [7, 11) is 1.54. The number of ether oxygens (including phenoxy) is 2. The first-order valence-corrected chi connectivity index (χ1v) is 12.0. The smallest absolute Gasteiger partial charge is 0.387 e. The molecule has 0 saturated carbocycles. The predicted molar refractivity (Wildman–Crippen MR) is 134 cm³/mol. The molecule has 4 rings (SSSR count). The molecule has 0 heterocycles. The molecule has 0 saturated heterocycles. The molecule has 0 radical (unpaired) electrons. The van der Waals surface area contributed by atoms with E-state index in [1.165, 1.54) is 31.4 Å². The molecule has 194 valence electrons. The first-order chi connectivity index (χ1) is 17.8. The van der Waals surface area contributed by atoms with Crippen LogP contribution in [0.25, 0.3) is 10.8 Å². The molecule has 0 N–H and O–H groups in total. The second-order valence-corrected chi connectivity index (χ2v) is 8.90. The molecule has 0 aliphatic rings. The SMILES string of the molecule is COCCc1cc(F)c(CCc2ccc3c(F)c(CCc4ccc(OC(F)F)cc4)ccc3c2)c(F)c1. The lowest BCUT2D eigenvalue weighted by Gasteiger charge is -2.11. The highest BCUT2D eigenvalue weighted by atomic mass is 19.3. The van der Waals surface area contributed by atoms with Gasteiger partial charge in [-0.25, -0.2) is 13.2 Å². The van der Waals surface area contributed by atoms with Crippen LogP contribution in [0.15, 0.2) is 66.7 Å². The van der Waals surface area contributed by atoms with Crippen LogP contribution in [0.3, 0.4) is 0 Å². The van der Waals surface area contributed by atoms with E-state index in [-0.39, 0.29) is 23.6 Å². The molecule has 0 aromatic heterocycles. The number of aryl methyl sites for hydroxylation is 3. The van der Waals surface area contributed by atoms with Gasteiger partial charge in [-0.3, -0.25) is 0 Å². The van der Waals surface area contributed by atoms with Crippen molar-refractivity contribution in [2.45, 2.75) is 38.7 Å². The molecule has 4 aromatic carbocycles. The van der Waals surface area contributed by atoms with E-state index in [1.807, 2.05) is 12.1 Å². The standard InChI is InChI=1S/C30H27F5O2/c1-36-15-14-21-17-27(31)26(28(32)18-21)13-6-20-5-12-25-23(16-20)9-8-22(29(25)33)7-2-19-3-10-24(11-4-19)37-30(34)35/h3-5,8-12,16-18,30H,2,6-7,13-15H2,1H3. The molecular formula is C30H27F5O2. The molecule has 0 unspecified atom stereocenters. The van der Waals surface area contributed by atoms with Crippen molar-refractivity contribution < 1.29 is 31.4 Å². The third kappa shape index (κ3) is 6.86. The highest BCUT2D eigenvalue weighted by molar-refractivity contribution is 5.84. The van der Waals surface area contributed by atoms with Gasteiger partial charge in [-0.05, 0) is 84.0 Å². The van der Waals surface area contributed by atoms with Crippen LogP contribution in [-0.2, 0) is 36.8 Å². The average Bonchev–Trinajstić information content (AvgIpc) is 2.87. The van der Waals surface area contributed by atoms with E-state index in [0.29, 0.717) is 54.2 Å². The van der Waals surface area contributed by atoms with E-state index in [4.69, 9.17) is 4.74 Å². The van der Waals surface area contributed by atoms with Gasteiger partial charge in [-0.15, -0.1) is 0 Å². The molecule has 0 aliphatic carbocycles. The molecule has 0 fully saturated rings. The van der Waals surface area contributed by atoms with Gasteiger partial charge in [0.25, 0.3) is 0 Å². The lowest BCUT2D eigenvalue weighted by Crippen LogP contribution is -2.03. The van der Waals surface area contributed by atoms with Gasteiger partial charge in [0, 0.05) is 18.1 Å². The third-order valence-electron chi connectivity index (χ3n) is 6.39. The Morgan fingerprint density at radius 3 is 2.03 bits per heavy atom. The summed E-state index contributed by atoms with van der Waals surface area (Å²) in [4.78, 5) is 0. The number of benzene rings is 4. The summed E-state index contributed by atoms with van der Waals surface area (Å²) in [5.41, 5.74) is 2.87. The summed E-state index contributed by atoms with van der Waals surface area (Å²) in [5.74, 6) is -1.38. The molecule has 7 heteroatoms. The Morgan fingerprint density at radius 2 is 1.35 bits per heavy atom. The summed E-state index contributed by atoms with van der Waals surface area (Å²) in [6, 6.07) is 17.9. The van der Waals surface area contributed by atoms with Gasteiger partial charge in [-0.2, -0.15) is 8.78 Å². The molecule has 0 aliphatic heterocycles. The number of rotatable bonds is 11. The van der Waals surface area contributed by atoms with E-state index >= 15 is 4.39 Å². The third-order valence-corrected chi connectivity index (χ3v) is 6.39. The van der Waals surface area contributed by atoms with Crippen molar-refractivity contribution in [2.75, 3.05) is 13.7 Å². The second-order valence-electron chi connectivity index (χ2n) is 8.90. The van der Waals surface area contributed by atoms with Gasteiger partial charge >= 0.3 is 6.61 Å². The fourth-order valence-electron chi connectivity index (χ4n) is 4.38. The molecule has 37 heavy (non-hydrogen) atoms. The van der Waals surface area contributed by atoms with Crippen LogP contribution in [0, 0.1) is 17.5 Å². The highest BCUT2D eigenvalue weighted by Crippen LogP contribution is 2.25.